The molecule has 0 aromatic carbocycles. The fourth-order valence-corrected chi connectivity index (χ4v) is 3.02. The minimum Gasteiger partial charge on any atom is -0.378 e. The predicted molar refractivity (Wildman–Crippen MR) is 75.7 cm³/mol. The highest BCUT2D eigenvalue weighted by molar-refractivity contribution is 7.09. The zero-order chi connectivity index (χ0) is 13.9. The average molecular weight is 292 g/mol. The highest BCUT2D eigenvalue weighted by atomic mass is 32.1. The number of hydrogen-bond acceptors (Lipinski definition) is 6. The van der Waals surface area contributed by atoms with Crippen molar-refractivity contribution in [2.75, 3.05) is 19.8 Å². The molecule has 3 heterocycles. The largest absolute Gasteiger partial charge is 0.378 e. The normalized spacial score (nSPS) is 20.1. The maximum absolute atomic E-state index is 11.6. The van der Waals surface area contributed by atoms with Crippen LogP contribution in [-0.2, 0) is 11.3 Å². The first-order valence-corrected chi connectivity index (χ1v) is 7.38. The van der Waals surface area contributed by atoms with Crippen LogP contribution in [0.5, 0.6) is 0 Å². The molecule has 1 atom stereocenters. The summed E-state index contributed by atoms with van der Waals surface area (Å²) in [5, 5.41) is 3.04. The van der Waals surface area contributed by atoms with Crippen molar-refractivity contribution in [1.29, 1.82) is 0 Å². The summed E-state index contributed by atoms with van der Waals surface area (Å²) in [6, 6.07) is 1.56. The molecule has 6 nitrogen and oxygen atoms in total. The van der Waals surface area contributed by atoms with Crippen LogP contribution in [0.2, 0.25) is 0 Å². The molecule has 1 aliphatic heterocycles. The Morgan fingerprint density at radius 2 is 2.50 bits per heavy atom. The van der Waals surface area contributed by atoms with Gasteiger partial charge in [-0.3, -0.25) is 9.69 Å². The molecule has 20 heavy (non-hydrogen) atoms. The maximum atomic E-state index is 11.6. The summed E-state index contributed by atoms with van der Waals surface area (Å²) in [6.45, 7) is 4.63. The van der Waals surface area contributed by atoms with Crippen LogP contribution < -0.4 is 5.56 Å². The Hall–Kier alpha value is -1.57. The number of nitrogens with zero attached hydrogens (tertiary/aromatic N) is 3. The van der Waals surface area contributed by atoms with E-state index in [0.29, 0.717) is 19.0 Å². The molecule has 2 aromatic rings. The first-order chi connectivity index (χ1) is 9.72. The van der Waals surface area contributed by atoms with Gasteiger partial charge in [0.1, 0.15) is 10.8 Å². The molecular weight excluding hydrogens is 276 g/mol. The molecule has 0 amide bonds. The van der Waals surface area contributed by atoms with E-state index >= 15 is 0 Å². The minimum atomic E-state index is -0.118. The first kappa shape index (κ1) is 13.4. The second-order valence-corrected chi connectivity index (χ2v) is 5.72. The lowest BCUT2D eigenvalue weighted by Gasteiger charge is -2.34. The number of aromatic amines is 1. The van der Waals surface area contributed by atoms with E-state index in [4.69, 9.17) is 4.74 Å². The van der Waals surface area contributed by atoms with Gasteiger partial charge in [0.2, 0.25) is 0 Å². The monoisotopic (exact) mass is 292 g/mol. The van der Waals surface area contributed by atoms with Crippen LogP contribution in [0, 0.1) is 6.92 Å². The molecule has 1 N–H and O–H groups in total. The molecule has 2 aromatic heterocycles. The second kappa shape index (κ2) is 5.82. The summed E-state index contributed by atoms with van der Waals surface area (Å²) < 4.78 is 5.55. The molecular formula is C13H16N4O2S. The summed E-state index contributed by atoms with van der Waals surface area (Å²) >= 11 is 1.64. The van der Waals surface area contributed by atoms with E-state index in [1.54, 1.807) is 24.3 Å². The van der Waals surface area contributed by atoms with Gasteiger partial charge in [0, 0.05) is 24.2 Å². The standard InChI is InChI=1S/C13H16N4O2S/c1-9-15-10(6-12(18)16-9)11-8-19-4-3-17(11)7-13-14-2-5-20-13/h2,5-6,11H,3-4,7-8H2,1H3,(H,15,16,18)/t11-/m0/s1. The van der Waals surface area contributed by atoms with Crippen LogP contribution in [0.4, 0.5) is 0 Å². The first-order valence-electron chi connectivity index (χ1n) is 6.50. The number of hydrogen-bond donors (Lipinski definition) is 1. The Morgan fingerprint density at radius 1 is 1.60 bits per heavy atom. The molecule has 1 fully saturated rings. The number of thiazole rings is 1. The zero-order valence-corrected chi connectivity index (χ0v) is 12.0. The van der Waals surface area contributed by atoms with Gasteiger partial charge in [-0.1, -0.05) is 0 Å². The smallest absolute Gasteiger partial charge is 0.251 e. The van der Waals surface area contributed by atoms with E-state index in [0.717, 1.165) is 23.8 Å². The van der Waals surface area contributed by atoms with Crippen LogP contribution in [0.15, 0.2) is 22.4 Å². The second-order valence-electron chi connectivity index (χ2n) is 4.74. The Labute approximate surface area is 120 Å². The Balaban J connectivity index is 1.86. The molecule has 0 saturated carbocycles. The summed E-state index contributed by atoms with van der Waals surface area (Å²) in [4.78, 5) is 25.3. The molecule has 1 aliphatic rings. The van der Waals surface area contributed by atoms with Crippen molar-refractivity contribution < 1.29 is 4.74 Å². The van der Waals surface area contributed by atoms with Gasteiger partial charge in [-0.2, -0.15) is 0 Å². The third kappa shape index (κ3) is 2.95. The lowest BCUT2D eigenvalue weighted by molar-refractivity contribution is -0.0144. The lowest BCUT2D eigenvalue weighted by Crippen LogP contribution is -2.40. The number of morpholine rings is 1. The molecule has 0 aliphatic carbocycles. The van der Waals surface area contributed by atoms with E-state index in [1.807, 2.05) is 11.6 Å². The van der Waals surface area contributed by atoms with E-state index in [9.17, 15) is 4.79 Å². The van der Waals surface area contributed by atoms with Crippen LogP contribution in [0.3, 0.4) is 0 Å². The Morgan fingerprint density at radius 3 is 3.25 bits per heavy atom. The lowest BCUT2D eigenvalue weighted by atomic mass is 10.1. The SMILES string of the molecule is Cc1nc([C@@H]2COCCN2Cc2nccs2)cc(=O)[nH]1. The molecule has 7 heteroatoms. The van der Waals surface area contributed by atoms with Crippen molar-refractivity contribution in [3.05, 3.63) is 44.5 Å². The third-order valence-electron chi connectivity index (χ3n) is 3.28. The average Bonchev–Trinajstić information content (AvgIpc) is 2.91. The van der Waals surface area contributed by atoms with E-state index in [1.165, 1.54) is 0 Å². The van der Waals surface area contributed by atoms with Gasteiger partial charge in [-0.05, 0) is 6.92 Å². The van der Waals surface area contributed by atoms with Gasteiger partial charge < -0.3 is 9.72 Å². The Bertz CT molecular complexity index is 626. The van der Waals surface area contributed by atoms with Crippen LogP contribution in [-0.4, -0.2) is 39.6 Å². The maximum Gasteiger partial charge on any atom is 0.251 e. The number of aryl methyl sites for hydroxylation is 1. The minimum absolute atomic E-state index is 0.00801. The van der Waals surface area contributed by atoms with Gasteiger partial charge in [0.05, 0.1) is 31.5 Å². The fraction of sp³-hybridized carbons (Fsp3) is 0.462. The van der Waals surface area contributed by atoms with Gasteiger partial charge in [0.25, 0.3) is 5.56 Å². The van der Waals surface area contributed by atoms with Crippen molar-refractivity contribution in [2.24, 2.45) is 0 Å². The van der Waals surface area contributed by atoms with E-state index < -0.39 is 0 Å². The van der Waals surface area contributed by atoms with E-state index in [-0.39, 0.29) is 11.6 Å². The van der Waals surface area contributed by atoms with Crippen molar-refractivity contribution in [3.63, 3.8) is 0 Å². The topological polar surface area (TPSA) is 71.1 Å². The van der Waals surface area contributed by atoms with Crippen LogP contribution >= 0.6 is 11.3 Å². The predicted octanol–water partition coefficient (Wildman–Crippen LogP) is 1.11. The zero-order valence-electron chi connectivity index (χ0n) is 11.2. The van der Waals surface area contributed by atoms with Crippen molar-refractivity contribution >= 4 is 11.3 Å². The van der Waals surface area contributed by atoms with Gasteiger partial charge in [-0.15, -0.1) is 11.3 Å². The molecule has 106 valence electrons. The summed E-state index contributed by atoms with van der Waals surface area (Å²) in [7, 11) is 0. The molecule has 1 saturated heterocycles. The fourth-order valence-electron chi connectivity index (χ4n) is 2.38. The van der Waals surface area contributed by atoms with Gasteiger partial charge >= 0.3 is 0 Å². The summed E-state index contributed by atoms with van der Waals surface area (Å²) in [5.74, 6) is 0.632. The van der Waals surface area contributed by atoms with Crippen molar-refractivity contribution in [1.82, 2.24) is 19.9 Å². The van der Waals surface area contributed by atoms with Crippen molar-refractivity contribution in [2.45, 2.75) is 19.5 Å². The summed E-state index contributed by atoms with van der Waals surface area (Å²) in [6.07, 6.45) is 1.81. The van der Waals surface area contributed by atoms with Crippen LogP contribution in [0.1, 0.15) is 22.6 Å². The number of aromatic nitrogens is 3. The highest BCUT2D eigenvalue weighted by Gasteiger charge is 2.26. The van der Waals surface area contributed by atoms with Crippen LogP contribution in [0.25, 0.3) is 0 Å². The summed E-state index contributed by atoms with van der Waals surface area (Å²) in [5.41, 5.74) is 0.648. The molecule has 0 bridgehead atoms. The number of rotatable bonds is 3. The number of nitrogens with one attached hydrogen (secondary N) is 1. The highest BCUT2D eigenvalue weighted by Crippen LogP contribution is 2.24. The van der Waals surface area contributed by atoms with Gasteiger partial charge in [-0.25, -0.2) is 9.97 Å². The van der Waals surface area contributed by atoms with Crippen molar-refractivity contribution in [3.8, 4) is 0 Å². The van der Waals surface area contributed by atoms with E-state index in [2.05, 4.69) is 19.9 Å². The quantitative estimate of drug-likeness (QED) is 0.917. The van der Waals surface area contributed by atoms with Gasteiger partial charge in [0.15, 0.2) is 0 Å². The molecule has 0 spiro atoms. The Kier molecular flexibility index (Phi) is 3.90. The third-order valence-corrected chi connectivity index (χ3v) is 4.05. The number of H-pyrrole nitrogens is 1. The molecule has 3 rings (SSSR count). The number of ether oxygens (including phenoxy) is 1. The molecule has 0 radical (unpaired) electrons. The molecule has 0 unspecified atom stereocenters.